The van der Waals surface area contributed by atoms with Crippen molar-refractivity contribution in [1.29, 1.82) is 0 Å². The Morgan fingerprint density at radius 2 is 2.00 bits per heavy atom. The van der Waals surface area contributed by atoms with E-state index in [-0.39, 0.29) is 5.91 Å². The first-order chi connectivity index (χ1) is 8.68. The summed E-state index contributed by atoms with van der Waals surface area (Å²) in [6.45, 7) is 0.599. The smallest absolute Gasteiger partial charge is 0.248 e. The summed E-state index contributed by atoms with van der Waals surface area (Å²) in [5, 5.41) is 3.01. The van der Waals surface area contributed by atoms with Crippen LogP contribution in [0.25, 0.3) is 0 Å². The Balaban J connectivity index is 1.99. The molecule has 0 radical (unpaired) electrons. The van der Waals surface area contributed by atoms with Crippen molar-refractivity contribution in [1.82, 2.24) is 5.32 Å². The second kappa shape index (κ2) is 6.70. The van der Waals surface area contributed by atoms with Gasteiger partial charge in [0.1, 0.15) is 0 Å². The van der Waals surface area contributed by atoms with E-state index in [1.807, 2.05) is 18.2 Å². The molecule has 0 saturated heterocycles. The Morgan fingerprint density at radius 1 is 1.28 bits per heavy atom. The van der Waals surface area contributed by atoms with Gasteiger partial charge in [-0.3, -0.25) is 4.79 Å². The van der Waals surface area contributed by atoms with Gasteiger partial charge in [0.2, 0.25) is 5.91 Å². The van der Waals surface area contributed by atoms with E-state index in [0.29, 0.717) is 6.54 Å². The monoisotopic (exact) mass is 419 g/mol. The summed E-state index contributed by atoms with van der Waals surface area (Å²) in [5.41, 5.74) is 2.09. The standard InChI is InChI=1S/C14H15BrINO/c15-12-7-3-2-6-11(12)14(18)17-9-10-5-1-4-8-13(10)16/h1,4-5,8H,2-3,6-7,9H2,(H,17,18). The average Bonchev–Trinajstić information content (AvgIpc) is 2.38. The van der Waals surface area contributed by atoms with Gasteiger partial charge in [-0.2, -0.15) is 0 Å². The first kappa shape index (κ1) is 14.1. The molecule has 0 aromatic heterocycles. The Labute approximate surface area is 129 Å². The Hall–Kier alpha value is -0.360. The summed E-state index contributed by atoms with van der Waals surface area (Å²) in [6, 6.07) is 8.11. The predicted octanol–water partition coefficient (Wildman–Crippen LogP) is 4.13. The van der Waals surface area contributed by atoms with Crippen molar-refractivity contribution < 1.29 is 4.79 Å². The quantitative estimate of drug-likeness (QED) is 0.733. The molecule has 1 amide bonds. The van der Waals surface area contributed by atoms with Crippen LogP contribution in [0.4, 0.5) is 0 Å². The minimum absolute atomic E-state index is 0.0706. The van der Waals surface area contributed by atoms with Crippen LogP contribution >= 0.6 is 38.5 Å². The predicted molar refractivity (Wildman–Crippen MR) is 85.4 cm³/mol. The van der Waals surface area contributed by atoms with Crippen LogP contribution in [-0.2, 0) is 11.3 Å². The number of carbonyl (C=O) groups excluding carboxylic acids is 1. The molecule has 2 rings (SSSR count). The number of hydrogen-bond donors (Lipinski definition) is 1. The zero-order valence-electron chi connectivity index (χ0n) is 10.0. The molecule has 0 aliphatic heterocycles. The zero-order valence-corrected chi connectivity index (χ0v) is 13.8. The van der Waals surface area contributed by atoms with E-state index in [1.165, 1.54) is 15.6 Å². The fourth-order valence-corrected chi connectivity index (χ4v) is 3.27. The maximum atomic E-state index is 12.1. The molecule has 1 aliphatic carbocycles. The number of carbonyl (C=O) groups is 1. The maximum absolute atomic E-state index is 12.1. The lowest BCUT2D eigenvalue weighted by molar-refractivity contribution is -0.117. The first-order valence-electron chi connectivity index (χ1n) is 6.07. The van der Waals surface area contributed by atoms with Gasteiger partial charge in [-0.05, 0) is 59.9 Å². The van der Waals surface area contributed by atoms with Crippen molar-refractivity contribution in [2.45, 2.75) is 32.2 Å². The van der Waals surface area contributed by atoms with Gasteiger partial charge in [0, 0.05) is 20.2 Å². The van der Waals surface area contributed by atoms with Crippen LogP contribution in [0.3, 0.4) is 0 Å². The second-order valence-corrected chi connectivity index (χ2v) is 6.48. The van der Waals surface area contributed by atoms with Crippen LogP contribution in [0.15, 0.2) is 34.3 Å². The molecule has 4 heteroatoms. The fourth-order valence-electron chi connectivity index (χ4n) is 2.03. The van der Waals surface area contributed by atoms with Crippen molar-refractivity contribution in [3.05, 3.63) is 43.5 Å². The number of allylic oxidation sites excluding steroid dienone is 1. The Morgan fingerprint density at radius 3 is 2.72 bits per heavy atom. The number of rotatable bonds is 3. The number of hydrogen-bond acceptors (Lipinski definition) is 1. The van der Waals surface area contributed by atoms with E-state index in [4.69, 9.17) is 0 Å². The third kappa shape index (κ3) is 3.57. The average molecular weight is 420 g/mol. The van der Waals surface area contributed by atoms with Crippen molar-refractivity contribution >= 4 is 44.4 Å². The number of amides is 1. The highest BCUT2D eigenvalue weighted by Gasteiger charge is 2.17. The lowest BCUT2D eigenvalue weighted by Crippen LogP contribution is -2.26. The SMILES string of the molecule is O=C(NCc1ccccc1I)C1=C(Br)CCCC1. The van der Waals surface area contributed by atoms with E-state index in [0.717, 1.165) is 29.3 Å². The van der Waals surface area contributed by atoms with Gasteiger partial charge >= 0.3 is 0 Å². The van der Waals surface area contributed by atoms with Crippen LogP contribution < -0.4 is 5.32 Å². The first-order valence-corrected chi connectivity index (χ1v) is 7.95. The lowest BCUT2D eigenvalue weighted by atomic mass is 9.99. The van der Waals surface area contributed by atoms with Crippen molar-refractivity contribution in [3.63, 3.8) is 0 Å². The number of nitrogens with one attached hydrogen (secondary N) is 1. The summed E-state index contributed by atoms with van der Waals surface area (Å²) >= 11 is 5.81. The molecule has 18 heavy (non-hydrogen) atoms. The second-order valence-electron chi connectivity index (χ2n) is 4.36. The summed E-state index contributed by atoms with van der Waals surface area (Å²) < 4.78 is 2.26. The van der Waals surface area contributed by atoms with Gasteiger partial charge in [0.05, 0.1) is 0 Å². The molecule has 2 nitrogen and oxygen atoms in total. The molecule has 0 heterocycles. The molecule has 1 aliphatic rings. The van der Waals surface area contributed by atoms with Crippen molar-refractivity contribution in [2.75, 3.05) is 0 Å². The molecule has 0 bridgehead atoms. The highest BCUT2D eigenvalue weighted by molar-refractivity contribution is 14.1. The van der Waals surface area contributed by atoms with E-state index < -0.39 is 0 Å². The third-order valence-corrected chi connectivity index (χ3v) is 5.00. The molecule has 96 valence electrons. The molecule has 0 fully saturated rings. The summed E-state index contributed by atoms with van der Waals surface area (Å²) in [6.07, 6.45) is 4.17. The van der Waals surface area contributed by atoms with Gasteiger partial charge in [0.15, 0.2) is 0 Å². The molecular weight excluding hydrogens is 405 g/mol. The highest BCUT2D eigenvalue weighted by atomic mass is 127. The largest absolute Gasteiger partial charge is 0.348 e. The Bertz CT molecular complexity index is 484. The zero-order chi connectivity index (χ0) is 13.0. The van der Waals surface area contributed by atoms with Crippen LogP contribution in [-0.4, -0.2) is 5.91 Å². The minimum atomic E-state index is 0.0706. The highest BCUT2D eigenvalue weighted by Crippen LogP contribution is 2.28. The van der Waals surface area contributed by atoms with Gasteiger partial charge in [-0.1, -0.05) is 34.1 Å². The van der Waals surface area contributed by atoms with Crippen LogP contribution in [0, 0.1) is 3.57 Å². The van der Waals surface area contributed by atoms with Gasteiger partial charge in [-0.15, -0.1) is 0 Å². The van der Waals surface area contributed by atoms with Crippen molar-refractivity contribution in [3.8, 4) is 0 Å². The number of halogens is 2. The Kier molecular flexibility index (Phi) is 5.24. The molecule has 1 N–H and O–H groups in total. The van der Waals surface area contributed by atoms with Crippen molar-refractivity contribution in [2.24, 2.45) is 0 Å². The molecule has 1 aromatic rings. The van der Waals surface area contributed by atoms with Crippen LogP contribution in [0.1, 0.15) is 31.2 Å². The summed E-state index contributed by atoms with van der Waals surface area (Å²) in [4.78, 5) is 12.1. The van der Waals surface area contributed by atoms with E-state index >= 15 is 0 Å². The van der Waals surface area contributed by atoms with Crippen LogP contribution in [0.2, 0.25) is 0 Å². The lowest BCUT2D eigenvalue weighted by Gasteiger charge is -2.16. The normalized spacial score (nSPS) is 15.7. The van der Waals surface area contributed by atoms with E-state index in [1.54, 1.807) is 0 Å². The van der Waals surface area contributed by atoms with Crippen LogP contribution in [0.5, 0.6) is 0 Å². The molecule has 1 aromatic carbocycles. The fraction of sp³-hybridized carbons (Fsp3) is 0.357. The van der Waals surface area contributed by atoms with E-state index in [9.17, 15) is 4.79 Å². The molecule has 0 spiro atoms. The van der Waals surface area contributed by atoms with Gasteiger partial charge < -0.3 is 5.32 Å². The summed E-state index contributed by atoms with van der Waals surface area (Å²) in [7, 11) is 0. The molecule has 0 atom stereocenters. The van der Waals surface area contributed by atoms with Gasteiger partial charge in [-0.25, -0.2) is 0 Å². The maximum Gasteiger partial charge on any atom is 0.248 e. The number of benzene rings is 1. The minimum Gasteiger partial charge on any atom is -0.348 e. The topological polar surface area (TPSA) is 29.1 Å². The van der Waals surface area contributed by atoms with Gasteiger partial charge in [0.25, 0.3) is 0 Å². The molecule has 0 unspecified atom stereocenters. The molecule has 0 saturated carbocycles. The molecular formula is C14H15BrINO. The van der Waals surface area contributed by atoms with E-state index in [2.05, 4.69) is 49.9 Å². The summed E-state index contributed by atoms with van der Waals surface area (Å²) in [5.74, 6) is 0.0706. The third-order valence-electron chi connectivity index (χ3n) is 3.07.